The average Bonchev–Trinajstić information content (AvgIpc) is 3.47. The zero-order chi connectivity index (χ0) is 23.1. The van der Waals surface area contributed by atoms with Crippen LogP contribution in [0.1, 0.15) is 36.1 Å². The number of benzene rings is 3. The first-order valence-electron chi connectivity index (χ1n) is 11.5. The van der Waals surface area contributed by atoms with Gasteiger partial charge in [0.05, 0.1) is 0 Å². The second kappa shape index (κ2) is 8.88. The Labute approximate surface area is 210 Å². The van der Waals surface area contributed by atoms with Crippen molar-refractivity contribution in [2.45, 2.75) is 24.9 Å². The standard InChI is InChI=1S/C29H24FN3.Ag/c30-25-16-14-24(15-17-25)27-13-7-12-26-20-31(21-32(26)27)33-28(22-8-3-1-4-9-22)18-19-29(33)23-10-5-2-6-11-23;/h1-17,20,28-29H,18-19H2;/t28-,29-;/m0./s1. The molecular formula is C29H24AgFN3. The van der Waals surface area contributed by atoms with Crippen LogP contribution in [0.3, 0.4) is 0 Å². The molecule has 3 nitrogen and oxygen atoms in total. The third-order valence-electron chi connectivity index (χ3n) is 6.72. The Bertz CT molecular complexity index is 1440. The number of imidazole rings is 1. The van der Waals surface area contributed by atoms with Gasteiger partial charge in [-0.25, -0.2) is 0 Å². The van der Waals surface area contributed by atoms with Gasteiger partial charge in [0, 0.05) is 0 Å². The molecule has 0 unspecified atom stereocenters. The van der Waals surface area contributed by atoms with Gasteiger partial charge in [0.15, 0.2) is 0 Å². The van der Waals surface area contributed by atoms with Crippen LogP contribution in [0.4, 0.5) is 4.39 Å². The van der Waals surface area contributed by atoms with Gasteiger partial charge in [-0.1, -0.05) is 0 Å². The van der Waals surface area contributed by atoms with Gasteiger partial charge < -0.3 is 0 Å². The third-order valence-corrected chi connectivity index (χ3v) is 7.39. The minimum atomic E-state index is -0.231. The summed E-state index contributed by atoms with van der Waals surface area (Å²) in [5.74, 6) is -0.231. The van der Waals surface area contributed by atoms with Crippen molar-refractivity contribution >= 4 is 5.52 Å². The molecule has 0 bridgehead atoms. The SMILES string of the molecule is Fc1ccc(-c2cccc3cn(N4[C@H](c5ccccc5)CC[C@H]4c4ccccc4)[c](=[Ag])n23)cc1. The van der Waals surface area contributed by atoms with E-state index < -0.39 is 0 Å². The summed E-state index contributed by atoms with van der Waals surface area (Å²) in [6.07, 6.45) is 4.33. The molecule has 0 radical (unpaired) electrons. The molecule has 34 heavy (non-hydrogen) atoms. The van der Waals surface area contributed by atoms with E-state index in [9.17, 15) is 4.39 Å². The molecule has 0 N–H and O–H groups in total. The minimum absolute atomic E-state index is 0.231. The maximum atomic E-state index is 13.6. The molecule has 5 heteroatoms. The Morgan fingerprint density at radius 3 is 1.85 bits per heavy atom. The molecule has 0 saturated carbocycles. The zero-order valence-corrected chi connectivity index (χ0v) is 20.0. The van der Waals surface area contributed by atoms with E-state index in [-0.39, 0.29) is 17.9 Å². The summed E-state index contributed by atoms with van der Waals surface area (Å²) in [7, 11) is 0. The Kier molecular flexibility index (Phi) is 5.58. The van der Waals surface area contributed by atoms with Crippen molar-refractivity contribution in [3.8, 4) is 11.3 Å². The van der Waals surface area contributed by atoms with Crippen LogP contribution in [0.15, 0.2) is 109 Å². The van der Waals surface area contributed by atoms with E-state index in [1.807, 2.05) is 12.1 Å². The van der Waals surface area contributed by atoms with E-state index in [1.54, 1.807) is 0 Å². The van der Waals surface area contributed by atoms with Gasteiger partial charge in [0.1, 0.15) is 0 Å². The Morgan fingerprint density at radius 1 is 0.676 bits per heavy atom. The summed E-state index contributed by atoms with van der Waals surface area (Å²) in [5, 5.41) is 2.50. The summed E-state index contributed by atoms with van der Waals surface area (Å²) in [6, 6.07) is 34.9. The topological polar surface area (TPSA) is 12.6 Å². The van der Waals surface area contributed by atoms with Crippen LogP contribution >= 0.6 is 0 Å². The van der Waals surface area contributed by atoms with Crippen molar-refractivity contribution < 1.29 is 25.0 Å². The first-order valence-corrected chi connectivity index (χ1v) is 12.3. The molecule has 3 aromatic carbocycles. The predicted molar refractivity (Wildman–Crippen MR) is 130 cm³/mol. The molecule has 6 rings (SSSR count). The molecule has 1 fully saturated rings. The second-order valence-electron chi connectivity index (χ2n) is 8.70. The van der Waals surface area contributed by atoms with Crippen LogP contribution in [-0.2, 0) is 20.6 Å². The Morgan fingerprint density at radius 2 is 1.26 bits per heavy atom. The second-order valence-corrected chi connectivity index (χ2v) is 9.36. The van der Waals surface area contributed by atoms with Crippen molar-refractivity contribution in [2.24, 2.45) is 0 Å². The molecule has 173 valence electrons. The number of pyridine rings is 1. The number of hydrogen-bond donors (Lipinski definition) is 0. The molecule has 1 aliphatic rings. The van der Waals surface area contributed by atoms with Gasteiger partial charge in [-0.05, 0) is 0 Å². The summed E-state index contributed by atoms with van der Waals surface area (Å²) >= 11 is 3.96. The van der Waals surface area contributed by atoms with Crippen molar-refractivity contribution in [3.05, 3.63) is 130 Å². The van der Waals surface area contributed by atoms with Gasteiger partial charge in [-0.3, -0.25) is 0 Å². The summed E-state index contributed by atoms with van der Waals surface area (Å²) < 4.78 is 19.0. The van der Waals surface area contributed by atoms with E-state index in [1.165, 1.54) is 23.3 Å². The van der Waals surface area contributed by atoms with E-state index in [4.69, 9.17) is 0 Å². The summed E-state index contributed by atoms with van der Waals surface area (Å²) in [4.78, 5) is 0. The quantitative estimate of drug-likeness (QED) is 0.227. The average molecular weight is 541 g/mol. The van der Waals surface area contributed by atoms with E-state index >= 15 is 0 Å². The van der Waals surface area contributed by atoms with Crippen LogP contribution < -0.4 is 5.01 Å². The van der Waals surface area contributed by atoms with Gasteiger partial charge in [0.2, 0.25) is 0 Å². The molecular weight excluding hydrogens is 517 g/mol. The van der Waals surface area contributed by atoms with E-state index in [0.717, 1.165) is 33.2 Å². The first kappa shape index (κ1) is 21.4. The van der Waals surface area contributed by atoms with E-state index in [2.05, 4.69) is 120 Å². The van der Waals surface area contributed by atoms with Gasteiger partial charge in [0.25, 0.3) is 0 Å². The molecule has 0 spiro atoms. The third kappa shape index (κ3) is 3.68. The monoisotopic (exact) mass is 540 g/mol. The number of nitrogens with zero attached hydrogens (tertiary/aromatic N) is 3. The van der Waals surface area contributed by atoms with Crippen LogP contribution in [0.25, 0.3) is 16.8 Å². The maximum absolute atomic E-state index is 13.6. The van der Waals surface area contributed by atoms with Crippen molar-refractivity contribution in [1.29, 1.82) is 0 Å². The van der Waals surface area contributed by atoms with Gasteiger partial charge in [-0.15, -0.1) is 0 Å². The number of hydrogen-bond acceptors (Lipinski definition) is 1. The molecule has 2 aromatic heterocycles. The zero-order valence-electron chi connectivity index (χ0n) is 18.5. The fourth-order valence-electron chi connectivity index (χ4n) is 5.18. The fraction of sp³-hybridized carbons (Fsp3) is 0.138. The fourth-order valence-corrected chi connectivity index (χ4v) is 5.81. The first-order chi connectivity index (χ1) is 16.7. The molecule has 3 heterocycles. The van der Waals surface area contributed by atoms with Crippen LogP contribution in [0, 0.1) is 9.45 Å². The molecule has 0 amide bonds. The van der Waals surface area contributed by atoms with Crippen molar-refractivity contribution in [1.82, 2.24) is 9.08 Å². The van der Waals surface area contributed by atoms with E-state index in [0.29, 0.717) is 0 Å². The molecule has 1 saturated heterocycles. The number of rotatable bonds is 4. The molecule has 0 aliphatic carbocycles. The Hall–Kier alpha value is -3.18. The number of aromatic nitrogens is 2. The van der Waals surface area contributed by atoms with Crippen LogP contribution in [0.5, 0.6) is 0 Å². The summed E-state index contributed by atoms with van der Waals surface area (Å²) in [6.45, 7) is 0. The number of halogens is 1. The molecule has 5 aromatic rings. The van der Waals surface area contributed by atoms with Crippen molar-refractivity contribution in [2.75, 3.05) is 5.01 Å². The normalized spacial score (nSPS) is 18.0. The summed E-state index contributed by atoms with van der Waals surface area (Å²) in [5.41, 5.74) is 5.67. The van der Waals surface area contributed by atoms with Crippen LogP contribution in [-0.4, -0.2) is 9.08 Å². The number of fused-ring (bicyclic) bond motifs is 1. The predicted octanol–water partition coefficient (Wildman–Crippen LogP) is 6.84. The van der Waals surface area contributed by atoms with Crippen molar-refractivity contribution in [3.63, 3.8) is 0 Å². The molecule has 1 aliphatic heterocycles. The van der Waals surface area contributed by atoms with Gasteiger partial charge in [-0.2, -0.15) is 0 Å². The Balaban J connectivity index is 1.54. The van der Waals surface area contributed by atoms with Gasteiger partial charge >= 0.3 is 211 Å². The molecule has 2 atom stereocenters. The van der Waals surface area contributed by atoms with Crippen LogP contribution in [0.2, 0.25) is 0 Å².